The van der Waals surface area contributed by atoms with Crippen LogP contribution < -0.4 is 10.6 Å². The Morgan fingerprint density at radius 2 is 2.06 bits per heavy atom. The second-order valence-electron chi connectivity index (χ2n) is 4.47. The Morgan fingerprint density at radius 3 is 2.94 bits per heavy atom. The highest BCUT2D eigenvalue weighted by Gasteiger charge is 1.99. The maximum atomic E-state index is 5.29. The molecule has 0 unspecified atom stereocenters. The number of benzene rings is 1. The van der Waals surface area contributed by atoms with Gasteiger partial charge in [0.05, 0.1) is 0 Å². The number of hydrogen-bond donors (Lipinski definition) is 2. The second kappa shape index (κ2) is 7.13. The Hall–Kier alpha value is -1.39. The summed E-state index contributed by atoms with van der Waals surface area (Å²) in [5, 5.41) is 6.62. The van der Waals surface area contributed by atoms with Gasteiger partial charge in [0.1, 0.15) is 5.52 Å². The molecule has 4 nitrogen and oxygen atoms in total. The Balaban J connectivity index is 1.67. The number of aromatic nitrogens is 1. The zero-order valence-corrected chi connectivity index (χ0v) is 10.9. The van der Waals surface area contributed by atoms with Gasteiger partial charge in [0.15, 0.2) is 12.0 Å². The van der Waals surface area contributed by atoms with Gasteiger partial charge in [-0.05, 0) is 63.6 Å². The first kappa shape index (κ1) is 13.1. The molecule has 0 aliphatic rings. The van der Waals surface area contributed by atoms with Gasteiger partial charge in [-0.1, -0.05) is 6.07 Å². The van der Waals surface area contributed by atoms with Crippen LogP contribution in [0.1, 0.15) is 18.4 Å². The molecule has 0 spiro atoms. The third kappa shape index (κ3) is 3.82. The van der Waals surface area contributed by atoms with Gasteiger partial charge < -0.3 is 15.1 Å². The van der Waals surface area contributed by atoms with Crippen molar-refractivity contribution >= 4 is 11.1 Å². The maximum absolute atomic E-state index is 5.29. The molecule has 0 saturated heterocycles. The van der Waals surface area contributed by atoms with Crippen molar-refractivity contribution in [3.05, 3.63) is 30.2 Å². The number of rotatable bonds is 8. The second-order valence-corrected chi connectivity index (χ2v) is 4.47. The lowest BCUT2D eigenvalue weighted by Crippen LogP contribution is -2.19. The lowest BCUT2D eigenvalue weighted by molar-refractivity contribution is 0.599. The minimum atomic E-state index is 0.876. The van der Waals surface area contributed by atoms with Gasteiger partial charge in [-0.2, -0.15) is 0 Å². The lowest BCUT2D eigenvalue weighted by Gasteiger charge is -2.04. The summed E-state index contributed by atoms with van der Waals surface area (Å²) in [5.41, 5.74) is 3.10. The fraction of sp³-hybridized carbons (Fsp3) is 0.500. The molecule has 0 aliphatic carbocycles. The molecule has 2 rings (SSSR count). The molecule has 2 aromatic rings. The number of nitrogens with one attached hydrogen (secondary N) is 2. The standard InChI is InChI=1S/C14H21N3O/c1-15-7-2-3-8-16-9-6-12-4-5-13-14(10-12)18-11-17-13/h4-5,10-11,15-16H,2-3,6-9H2,1H3. The molecule has 1 aromatic heterocycles. The Bertz CT molecular complexity index is 467. The highest BCUT2D eigenvalue weighted by atomic mass is 16.3. The smallest absolute Gasteiger partial charge is 0.181 e. The van der Waals surface area contributed by atoms with Crippen LogP contribution in [-0.2, 0) is 6.42 Å². The van der Waals surface area contributed by atoms with Gasteiger partial charge in [-0.3, -0.25) is 0 Å². The van der Waals surface area contributed by atoms with Crippen LogP contribution in [0.15, 0.2) is 29.0 Å². The first-order chi connectivity index (χ1) is 8.90. The SMILES string of the molecule is CNCCCCNCCc1ccc2ncoc2c1. The summed E-state index contributed by atoms with van der Waals surface area (Å²) >= 11 is 0. The fourth-order valence-corrected chi connectivity index (χ4v) is 1.96. The minimum absolute atomic E-state index is 0.876. The highest BCUT2D eigenvalue weighted by Crippen LogP contribution is 2.14. The van der Waals surface area contributed by atoms with E-state index < -0.39 is 0 Å². The van der Waals surface area contributed by atoms with Crippen molar-refractivity contribution in [1.82, 2.24) is 15.6 Å². The molecule has 0 amide bonds. The van der Waals surface area contributed by atoms with Crippen molar-refractivity contribution in [1.29, 1.82) is 0 Å². The number of hydrogen-bond acceptors (Lipinski definition) is 4. The molecule has 18 heavy (non-hydrogen) atoms. The topological polar surface area (TPSA) is 50.1 Å². The quantitative estimate of drug-likeness (QED) is 0.700. The van der Waals surface area contributed by atoms with Gasteiger partial charge in [-0.15, -0.1) is 0 Å². The molecule has 0 aliphatic heterocycles. The average Bonchev–Trinajstić information content (AvgIpc) is 2.85. The van der Waals surface area contributed by atoms with Crippen LogP contribution in [0.4, 0.5) is 0 Å². The van der Waals surface area contributed by atoms with Crippen LogP contribution in [0.25, 0.3) is 11.1 Å². The maximum Gasteiger partial charge on any atom is 0.181 e. The van der Waals surface area contributed by atoms with Gasteiger partial charge in [0, 0.05) is 0 Å². The van der Waals surface area contributed by atoms with Crippen LogP contribution in [0.2, 0.25) is 0 Å². The van der Waals surface area contributed by atoms with Crippen molar-refractivity contribution < 1.29 is 4.42 Å². The van der Waals surface area contributed by atoms with Crippen LogP contribution >= 0.6 is 0 Å². The molecular weight excluding hydrogens is 226 g/mol. The van der Waals surface area contributed by atoms with Crippen LogP contribution in [0.3, 0.4) is 0 Å². The van der Waals surface area contributed by atoms with E-state index in [1.807, 2.05) is 13.1 Å². The van der Waals surface area contributed by atoms with Crippen molar-refractivity contribution in [3.63, 3.8) is 0 Å². The summed E-state index contributed by atoms with van der Waals surface area (Å²) in [7, 11) is 1.99. The van der Waals surface area contributed by atoms with E-state index in [9.17, 15) is 0 Å². The van der Waals surface area contributed by atoms with Gasteiger partial charge in [-0.25, -0.2) is 4.98 Å². The minimum Gasteiger partial charge on any atom is -0.443 e. The molecular formula is C14H21N3O. The summed E-state index contributed by atoms with van der Waals surface area (Å²) < 4.78 is 5.29. The molecule has 0 atom stereocenters. The van der Waals surface area contributed by atoms with Gasteiger partial charge >= 0.3 is 0 Å². The Kier molecular flexibility index (Phi) is 5.17. The molecule has 1 aromatic carbocycles. The first-order valence-corrected chi connectivity index (χ1v) is 6.57. The zero-order valence-electron chi connectivity index (χ0n) is 10.9. The monoisotopic (exact) mass is 247 g/mol. The predicted molar refractivity (Wildman–Crippen MR) is 73.7 cm³/mol. The van der Waals surface area contributed by atoms with Crippen LogP contribution in [0, 0.1) is 0 Å². The molecule has 4 heteroatoms. The third-order valence-electron chi connectivity index (χ3n) is 3.02. The van der Waals surface area contributed by atoms with Crippen molar-refractivity contribution in [2.45, 2.75) is 19.3 Å². The largest absolute Gasteiger partial charge is 0.443 e. The molecule has 1 heterocycles. The lowest BCUT2D eigenvalue weighted by atomic mass is 10.1. The summed E-state index contributed by atoms with van der Waals surface area (Å²) in [6.07, 6.45) is 4.98. The van der Waals surface area contributed by atoms with Crippen LogP contribution in [-0.4, -0.2) is 31.7 Å². The summed E-state index contributed by atoms with van der Waals surface area (Å²) in [6.45, 7) is 3.20. The first-order valence-electron chi connectivity index (χ1n) is 6.57. The van der Waals surface area contributed by atoms with Crippen molar-refractivity contribution in [3.8, 4) is 0 Å². The third-order valence-corrected chi connectivity index (χ3v) is 3.02. The fourth-order valence-electron chi connectivity index (χ4n) is 1.96. The van der Waals surface area contributed by atoms with E-state index in [4.69, 9.17) is 4.42 Å². The van der Waals surface area contributed by atoms with E-state index in [2.05, 4.69) is 27.8 Å². The van der Waals surface area contributed by atoms with E-state index in [0.29, 0.717) is 0 Å². The van der Waals surface area contributed by atoms with E-state index in [1.165, 1.54) is 24.8 Å². The molecule has 98 valence electrons. The molecule has 0 fully saturated rings. The number of oxazole rings is 1. The normalized spacial score (nSPS) is 11.2. The average molecular weight is 247 g/mol. The van der Waals surface area contributed by atoms with Gasteiger partial charge in [0.2, 0.25) is 0 Å². The number of unbranched alkanes of at least 4 members (excludes halogenated alkanes) is 1. The van der Waals surface area contributed by atoms with Crippen molar-refractivity contribution in [2.24, 2.45) is 0 Å². The number of nitrogens with zero attached hydrogens (tertiary/aromatic N) is 1. The zero-order chi connectivity index (χ0) is 12.6. The molecule has 0 bridgehead atoms. The van der Waals surface area contributed by atoms with E-state index in [-0.39, 0.29) is 0 Å². The van der Waals surface area contributed by atoms with E-state index >= 15 is 0 Å². The Morgan fingerprint density at radius 1 is 1.17 bits per heavy atom. The molecule has 2 N–H and O–H groups in total. The van der Waals surface area contributed by atoms with Crippen LogP contribution in [0.5, 0.6) is 0 Å². The summed E-state index contributed by atoms with van der Waals surface area (Å²) in [6, 6.07) is 6.21. The van der Waals surface area contributed by atoms with Crippen molar-refractivity contribution in [2.75, 3.05) is 26.7 Å². The number of fused-ring (bicyclic) bond motifs is 1. The molecule has 0 saturated carbocycles. The predicted octanol–water partition coefficient (Wildman–Crippen LogP) is 1.96. The van der Waals surface area contributed by atoms with E-state index in [0.717, 1.165) is 37.2 Å². The summed E-state index contributed by atoms with van der Waals surface area (Å²) in [4.78, 5) is 4.11. The van der Waals surface area contributed by atoms with E-state index in [1.54, 1.807) is 0 Å². The Labute approximate surface area is 108 Å². The highest BCUT2D eigenvalue weighted by molar-refractivity contribution is 5.72. The summed E-state index contributed by atoms with van der Waals surface area (Å²) in [5.74, 6) is 0. The van der Waals surface area contributed by atoms with Gasteiger partial charge in [0.25, 0.3) is 0 Å². The molecule has 0 radical (unpaired) electrons.